The molecule has 0 aliphatic carbocycles. The highest BCUT2D eigenvalue weighted by Gasteiger charge is 2.23. The zero-order valence-corrected chi connectivity index (χ0v) is 22.9. The smallest absolute Gasteiger partial charge is 0.143 e. The summed E-state index contributed by atoms with van der Waals surface area (Å²) in [7, 11) is 0. The zero-order chi connectivity index (χ0) is 28.1. The second-order valence-electron chi connectivity index (χ2n) is 11.2. The molecule has 0 spiro atoms. The monoisotopic (exact) mass is 550 g/mol. The maximum absolute atomic E-state index is 6.56. The molecule has 0 radical (unpaired) electrons. The van der Waals surface area contributed by atoms with E-state index in [0.29, 0.717) is 0 Å². The molecule has 0 saturated heterocycles. The molecule has 43 heavy (non-hydrogen) atoms. The fourth-order valence-corrected chi connectivity index (χ4v) is 7.22. The standard InChI is InChI=1S/C40H22O3/c1-3-12-26-24(10-1)36(30-15-8-18-34-39(30)38-29-21-22-41-32(29)19-20-35(38)42-34)25-11-2-4-13-27(25)37(26)31-16-7-14-28-23-9-5-6-17-33(23)43-40(28)31/h1-22H. The summed E-state index contributed by atoms with van der Waals surface area (Å²) in [5, 5.41) is 10.2. The highest BCUT2D eigenvalue weighted by molar-refractivity contribution is 6.29. The normalized spacial score (nSPS) is 12.2. The lowest BCUT2D eigenvalue weighted by molar-refractivity contribution is 0.615. The van der Waals surface area contributed by atoms with E-state index in [1.807, 2.05) is 30.3 Å². The van der Waals surface area contributed by atoms with Crippen molar-refractivity contribution >= 4 is 76.4 Å². The molecule has 0 amide bonds. The maximum atomic E-state index is 6.56. The van der Waals surface area contributed by atoms with Crippen molar-refractivity contribution in [1.29, 1.82) is 0 Å². The number of benzene rings is 7. The van der Waals surface area contributed by atoms with Gasteiger partial charge in [-0.1, -0.05) is 97.1 Å². The van der Waals surface area contributed by atoms with Crippen LogP contribution in [0.1, 0.15) is 0 Å². The second kappa shape index (κ2) is 8.37. The highest BCUT2D eigenvalue weighted by Crippen LogP contribution is 2.49. The van der Waals surface area contributed by atoms with Crippen LogP contribution in [0.4, 0.5) is 0 Å². The lowest BCUT2D eigenvalue weighted by Crippen LogP contribution is -1.91. The lowest BCUT2D eigenvalue weighted by atomic mass is 9.84. The van der Waals surface area contributed by atoms with Gasteiger partial charge in [0.2, 0.25) is 0 Å². The Hall–Kier alpha value is -5.80. The summed E-state index contributed by atoms with van der Waals surface area (Å²) in [5.74, 6) is 0. The minimum Gasteiger partial charge on any atom is -0.464 e. The number of hydrogen-bond acceptors (Lipinski definition) is 3. The predicted octanol–water partition coefficient (Wildman–Crippen LogP) is 11.9. The third-order valence-electron chi connectivity index (χ3n) is 8.97. The number of fused-ring (bicyclic) bond motifs is 10. The molecule has 10 rings (SSSR count). The highest BCUT2D eigenvalue weighted by atomic mass is 16.3. The van der Waals surface area contributed by atoms with Crippen molar-refractivity contribution in [1.82, 2.24) is 0 Å². The Balaban J connectivity index is 1.39. The number of rotatable bonds is 2. The van der Waals surface area contributed by atoms with Gasteiger partial charge in [0.25, 0.3) is 0 Å². The molecule has 0 saturated carbocycles. The van der Waals surface area contributed by atoms with E-state index in [9.17, 15) is 0 Å². The molecule has 7 aromatic carbocycles. The summed E-state index contributed by atoms with van der Waals surface area (Å²) in [5.41, 5.74) is 9.01. The van der Waals surface area contributed by atoms with Crippen molar-refractivity contribution in [2.24, 2.45) is 0 Å². The van der Waals surface area contributed by atoms with Gasteiger partial charge < -0.3 is 13.3 Å². The van der Waals surface area contributed by atoms with Gasteiger partial charge in [0.1, 0.15) is 27.9 Å². The molecule has 0 fully saturated rings. The summed E-state index contributed by atoms with van der Waals surface area (Å²) in [6.45, 7) is 0. The summed E-state index contributed by atoms with van der Waals surface area (Å²) in [4.78, 5) is 0. The fourth-order valence-electron chi connectivity index (χ4n) is 7.22. The molecule has 0 aliphatic heterocycles. The molecule has 0 unspecified atom stereocenters. The Kier molecular flexibility index (Phi) is 4.45. The number of hydrogen-bond donors (Lipinski definition) is 0. The Morgan fingerprint density at radius 3 is 1.65 bits per heavy atom. The average Bonchev–Trinajstić information content (AvgIpc) is 3.78. The lowest BCUT2D eigenvalue weighted by Gasteiger charge is -2.18. The van der Waals surface area contributed by atoms with Crippen molar-refractivity contribution in [2.75, 3.05) is 0 Å². The summed E-state index contributed by atoms with van der Waals surface area (Å²) in [6, 6.07) is 44.7. The molecule has 0 N–H and O–H groups in total. The van der Waals surface area contributed by atoms with Crippen molar-refractivity contribution in [3.63, 3.8) is 0 Å². The van der Waals surface area contributed by atoms with Crippen molar-refractivity contribution in [2.45, 2.75) is 0 Å². The van der Waals surface area contributed by atoms with Gasteiger partial charge >= 0.3 is 0 Å². The Bertz CT molecular complexity index is 2680. The summed E-state index contributed by atoms with van der Waals surface area (Å²) in [6.07, 6.45) is 1.75. The van der Waals surface area contributed by atoms with E-state index in [1.54, 1.807) is 6.26 Å². The molecule has 3 nitrogen and oxygen atoms in total. The van der Waals surface area contributed by atoms with Crippen LogP contribution in [0.2, 0.25) is 0 Å². The van der Waals surface area contributed by atoms with Crippen LogP contribution in [-0.4, -0.2) is 0 Å². The molecule has 3 heteroatoms. The van der Waals surface area contributed by atoms with E-state index in [0.717, 1.165) is 66.0 Å². The molecule has 200 valence electrons. The zero-order valence-electron chi connectivity index (χ0n) is 22.9. The SMILES string of the molecule is c1ccc2c(c1)oc1c(-c3c4ccccc4c(-c4cccc5oc6ccc7occc7c6c45)c4ccccc34)cccc12. The van der Waals surface area contributed by atoms with E-state index in [4.69, 9.17) is 13.3 Å². The van der Waals surface area contributed by atoms with Crippen molar-refractivity contribution in [3.8, 4) is 22.3 Å². The van der Waals surface area contributed by atoms with E-state index >= 15 is 0 Å². The van der Waals surface area contributed by atoms with Crippen LogP contribution in [0.5, 0.6) is 0 Å². The van der Waals surface area contributed by atoms with Crippen LogP contribution < -0.4 is 0 Å². The van der Waals surface area contributed by atoms with E-state index in [2.05, 4.69) is 97.1 Å². The van der Waals surface area contributed by atoms with Crippen LogP contribution in [0.3, 0.4) is 0 Å². The topological polar surface area (TPSA) is 39.4 Å². The van der Waals surface area contributed by atoms with Gasteiger partial charge in [0, 0.05) is 38.1 Å². The first-order chi connectivity index (χ1) is 21.3. The van der Waals surface area contributed by atoms with Crippen LogP contribution in [0, 0.1) is 0 Å². The molecule has 0 aliphatic rings. The molecule has 3 aromatic heterocycles. The predicted molar refractivity (Wildman–Crippen MR) is 177 cm³/mol. The maximum Gasteiger partial charge on any atom is 0.143 e. The Morgan fingerprint density at radius 2 is 0.884 bits per heavy atom. The van der Waals surface area contributed by atoms with Gasteiger partial charge in [-0.05, 0) is 63.0 Å². The minimum atomic E-state index is 0.856. The first-order valence-electron chi connectivity index (χ1n) is 14.5. The van der Waals surface area contributed by atoms with Crippen LogP contribution in [-0.2, 0) is 0 Å². The number of furan rings is 3. The second-order valence-corrected chi connectivity index (χ2v) is 11.2. The van der Waals surface area contributed by atoms with Gasteiger partial charge in [0.15, 0.2) is 0 Å². The number of para-hydroxylation sites is 2. The van der Waals surface area contributed by atoms with Gasteiger partial charge in [-0.2, -0.15) is 0 Å². The summed E-state index contributed by atoms with van der Waals surface area (Å²) >= 11 is 0. The van der Waals surface area contributed by atoms with Gasteiger partial charge in [-0.25, -0.2) is 0 Å². The average molecular weight is 551 g/mol. The van der Waals surface area contributed by atoms with Crippen LogP contribution in [0.25, 0.3) is 98.6 Å². The molecular weight excluding hydrogens is 528 g/mol. The van der Waals surface area contributed by atoms with Crippen LogP contribution >= 0.6 is 0 Å². The summed E-state index contributed by atoms with van der Waals surface area (Å²) < 4.78 is 18.8. The minimum absolute atomic E-state index is 0.856. The first kappa shape index (κ1) is 22.8. The molecule has 0 atom stereocenters. The molecule has 0 bridgehead atoms. The molecular formula is C40H22O3. The quantitative estimate of drug-likeness (QED) is 0.201. The molecule has 3 heterocycles. The van der Waals surface area contributed by atoms with E-state index in [-0.39, 0.29) is 0 Å². The van der Waals surface area contributed by atoms with Gasteiger partial charge in [-0.15, -0.1) is 0 Å². The first-order valence-corrected chi connectivity index (χ1v) is 14.5. The largest absolute Gasteiger partial charge is 0.464 e. The fraction of sp³-hybridized carbons (Fsp3) is 0. The van der Waals surface area contributed by atoms with E-state index < -0.39 is 0 Å². The van der Waals surface area contributed by atoms with E-state index in [1.165, 1.54) is 32.7 Å². The van der Waals surface area contributed by atoms with Crippen molar-refractivity contribution < 1.29 is 13.3 Å². The van der Waals surface area contributed by atoms with Gasteiger partial charge in [0.05, 0.1) is 6.26 Å². The third-order valence-corrected chi connectivity index (χ3v) is 8.97. The van der Waals surface area contributed by atoms with Crippen LogP contribution in [0.15, 0.2) is 147 Å². The third kappa shape index (κ3) is 3.03. The van der Waals surface area contributed by atoms with Crippen molar-refractivity contribution in [3.05, 3.63) is 134 Å². The Labute approximate surface area is 245 Å². The molecule has 10 aromatic rings. The van der Waals surface area contributed by atoms with Gasteiger partial charge in [-0.3, -0.25) is 0 Å². The Morgan fingerprint density at radius 1 is 0.326 bits per heavy atom.